The van der Waals surface area contributed by atoms with Crippen LogP contribution in [0, 0.1) is 0 Å². The number of carboxylic acids is 2. The Morgan fingerprint density at radius 3 is 2.17 bits per heavy atom. The molecule has 0 unspecified atom stereocenters. The minimum Gasteiger partial charge on any atom is -0.481 e. The number of ether oxygens (including phenoxy) is 1. The zero-order valence-electron chi connectivity index (χ0n) is 20.6. The van der Waals surface area contributed by atoms with E-state index in [0.717, 1.165) is 76.6 Å². The van der Waals surface area contributed by atoms with Crippen molar-refractivity contribution in [3.05, 3.63) is 35.9 Å². The highest BCUT2D eigenvalue weighted by atomic mass is 16.5. The Labute approximate surface area is 210 Å². The third-order valence-electron chi connectivity index (χ3n) is 5.12. The van der Waals surface area contributed by atoms with E-state index in [1.165, 1.54) is 0 Å². The van der Waals surface area contributed by atoms with Gasteiger partial charge in [-0.15, -0.1) is 0 Å². The van der Waals surface area contributed by atoms with Crippen LogP contribution in [0.4, 0.5) is 11.8 Å². The average Bonchev–Trinajstić information content (AvgIpc) is 3.13. The molecule has 1 amide bonds. The van der Waals surface area contributed by atoms with Gasteiger partial charge in [-0.2, -0.15) is 4.98 Å². The Bertz CT molecular complexity index is 983. The van der Waals surface area contributed by atoms with E-state index in [4.69, 9.17) is 30.3 Å². The molecule has 36 heavy (non-hydrogen) atoms. The molecule has 0 aliphatic carbocycles. The van der Waals surface area contributed by atoms with E-state index in [0.29, 0.717) is 18.8 Å². The summed E-state index contributed by atoms with van der Waals surface area (Å²) in [5.41, 5.74) is 8.31. The van der Waals surface area contributed by atoms with Gasteiger partial charge in [-0.05, 0) is 25.1 Å². The van der Waals surface area contributed by atoms with Crippen LogP contribution < -0.4 is 16.0 Å². The molecular weight excluding hydrogens is 468 g/mol. The van der Waals surface area contributed by atoms with Gasteiger partial charge in [0.05, 0.1) is 18.9 Å². The molecule has 0 radical (unpaired) electrons. The predicted octanol–water partition coefficient (Wildman–Crippen LogP) is 1.18. The number of carboxylic acid groups (broad SMARTS) is 2. The fourth-order valence-corrected chi connectivity index (χ4v) is 3.57. The highest BCUT2D eigenvalue weighted by molar-refractivity contribution is 5.94. The largest absolute Gasteiger partial charge is 0.481 e. The molecule has 5 N–H and O–H groups in total. The molecule has 2 fully saturated rings. The van der Waals surface area contributed by atoms with E-state index in [2.05, 4.69) is 20.2 Å². The van der Waals surface area contributed by atoms with Gasteiger partial charge in [0.25, 0.3) is 17.8 Å². The summed E-state index contributed by atoms with van der Waals surface area (Å²) in [5, 5.41) is 18.2. The van der Waals surface area contributed by atoms with Gasteiger partial charge < -0.3 is 35.8 Å². The van der Waals surface area contributed by atoms with E-state index < -0.39 is 11.9 Å². The summed E-state index contributed by atoms with van der Waals surface area (Å²) in [5.74, 6) is -0.536. The molecule has 0 spiro atoms. The molecule has 1 aromatic carbocycles. The van der Waals surface area contributed by atoms with E-state index >= 15 is 0 Å². The lowest BCUT2D eigenvalue weighted by Crippen LogP contribution is -2.36. The Morgan fingerprint density at radius 1 is 0.944 bits per heavy atom. The van der Waals surface area contributed by atoms with Crippen molar-refractivity contribution in [2.45, 2.75) is 20.3 Å². The molecule has 0 atom stereocenters. The van der Waals surface area contributed by atoms with E-state index in [9.17, 15) is 4.79 Å². The normalized spacial score (nSPS) is 15.4. The maximum absolute atomic E-state index is 12.7. The number of nitrogens with zero attached hydrogens (tertiary/aromatic N) is 4. The van der Waals surface area contributed by atoms with Gasteiger partial charge in [-0.3, -0.25) is 14.4 Å². The van der Waals surface area contributed by atoms with Crippen molar-refractivity contribution in [3.63, 3.8) is 0 Å². The number of hydrogen-bond acceptors (Lipinski definition) is 9. The molecule has 12 nitrogen and oxygen atoms in total. The lowest BCUT2D eigenvalue weighted by Gasteiger charge is -2.28. The van der Waals surface area contributed by atoms with Crippen LogP contribution in [0.2, 0.25) is 0 Å². The minimum absolute atomic E-state index is 0.0754. The first kappa shape index (κ1) is 28.5. The Balaban J connectivity index is 0.000000501. The summed E-state index contributed by atoms with van der Waals surface area (Å²) < 4.78 is 5.40. The average molecular weight is 503 g/mol. The third-order valence-corrected chi connectivity index (χ3v) is 5.12. The smallest absolute Gasteiger partial charge is 0.300 e. The number of nitrogen functional groups attached to an aromatic ring is 1. The van der Waals surface area contributed by atoms with Crippen molar-refractivity contribution >= 4 is 29.6 Å². The second-order valence-electron chi connectivity index (χ2n) is 8.08. The minimum atomic E-state index is -0.833. The second kappa shape index (κ2) is 14.6. The van der Waals surface area contributed by atoms with Crippen molar-refractivity contribution in [2.75, 3.05) is 63.1 Å². The number of nitrogens with one attached hydrogen (secondary N) is 1. The van der Waals surface area contributed by atoms with Crippen molar-refractivity contribution in [3.8, 4) is 11.3 Å². The summed E-state index contributed by atoms with van der Waals surface area (Å²) in [6, 6.07) is 9.52. The van der Waals surface area contributed by atoms with Crippen LogP contribution in [0.15, 0.2) is 30.3 Å². The highest BCUT2D eigenvalue weighted by Crippen LogP contribution is 2.24. The van der Waals surface area contributed by atoms with Crippen molar-refractivity contribution < 1.29 is 29.3 Å². The molecule has 12 heteroatoms. The Hall–Kier alpha value is -3.77. The van der Waals surface area contributed by atoms with Crippen molar-refractivity contribution in [2.24, 2.45) is 0 Å². The van der Waals surface area contributed by atoms with Gasteiger partial charge in [-0.1, -0.05) is 12.1 Å². The van der Waals surface area contributed by atoms with E-state index in [1.54, 1.807) is 0 Å². The molecule has 2 aliphatic heterocycles. The molecule has 3 heterocycles. The number of carbonyl (C=O) groups is 3. The number of aromatic nitrogens is 2. The van der Waals surface area contributed by atoms with Gasteiger partial charge in [0, 0.05) is 63.8 Å². The number of amides is 1. The van der Waals surface area contributed by atoms with Crippen LogP contribution in [-0.2, 0) is 14.3 Å². The first-order valence-electron chi connectivity index (χ1n) is 11.6. The highest BCUT2D eigenvalue weighted by Gasteiger charge is 2.18. The first-order valence-corrected chi connectivity index (χ1v) is 11.6. The summed E-state index contributed by atoms with van der Waals surface area (Å²) in [6.45, 7) is 8.44. The number of anilines is 2. The zero-order chi connectivity index (χ0) is 26.5. The Kier molecular flexibility index (Phi) is 11.5. The zero-order valence-corrected chi connectivity index (χ0v) is 20.6. The van der Waals surface area contributed by atoms with Gasteiger partial charge in [0.15, 0.2) is 0 Å². The summed E-state index contributed by atoms with van der Waals surface area (Å²) >= 11 is 0. The van der Waals surface area contributed by atoms with Crippen LogP contribution in [0.3, 0.4) is 0 Å². The number of rotatable bonds is 3. The Morgan fingerprint density at radius 2 is 1.56 bits per heavy atom. The molecule has 4 rings (SSSR count). The quantitative estimate of drug-likeness (QED) is 0.475. The van der Waals surface area contributed by atoms with Gasteiger partial charge in [0.1, 0.15) is 5.82 Å². The molecule has 1 aromatic heterocycles. The predicted molar refractivity (Wildman–Crippen MR) is 135 cm³/mol. The third kappa shape index (κ3) is 9.84. The SMILES string of the molecule is CC(=O)O.CC(=O)O.Nc1nc(-c2ccc(C(=O)N3CCCNCC3)cc2)cc(N2CCOCC2)n1. The molecule has 0 saturated carbocycles. The number of nitrogens with two attached hydrogens (primary N) is 1. The fraction of sp³-hybridized carbons (Fsp3) is 0.458. The lowest BCUT2D eigenvalue weighted by atomic mass is 10.1. The molecule has 2 aromatic rings. The molecular formula is C24H34N6O6. The van der Waals surface area contributed by atoms with Crippen molar-refractivity contribution in [1.29, 1.82) is 0 Å². The van der Waals surface area contributed by atoms with E-state index in [1.807, 2.05) is 35.2 Å². The standard InChI is InChI=1S/C20H26N6O2.2C2H4O2/c21-20-23-17(14-18(24-20)25-10-12-28-13-11-25)15-2-4-16(5-3-15)19(27)26-8-1-6-22-7-9-26;2*1-2(3)4/h2-5,14,22H,1,6-13H2,(H2,21,23,24);2*1H3,(H,3,4). The van der Waals surface area contributed by atoms with Crippen LogP contribution in [0.25, 0.3) is 11.3 Å². The monoisotopic (exact) mass is 502 g/mol. The van der Waals surface area contributed by atoms with Gasteiger partial charge in [0.2, 0.25) is 5.95 Å². The topological polar surface area (TPSA) is 171 Å². The maximum Gasteiger partial charge on any atom is 0.300 e. The summed E-state index contributed by atoms with van der Waals surface area (Å²) in [7, 11) is 0. The summed E-state index contributed by atoms with van der Waals surface area (Å²) in [6.07, 6.45) is 0.981. The van der Waals surface area contributed by atoms with Crippen LogP contribution in [0.1, 0.15) is 30.6 Å². The van der Waals surface area contributed by atoms with Crippen LogP contribution >= 0.6 is 0 Å². The van der Waals surface area contributed by atoms with Crippen LogP contribution in [0.5, 0.6) is 0 Å². The summed E-state index contributed by atoms with van der Waals surface area (Å²) in [4.78, 5) is 43.6. The van der Waals surface area contributed by atoms with E-state index in [-0.39, 0.29) is 11.9 Å². The number of carbonyl (C=O) groups excluding carboxylic acids is 1. The molecule has 2 aliphatic rings. The molecule has 0 bridgehead atoms. The number of benzene rings is 1. The molecule has 2 saturated heterocycles. The number of morpholine rings is 1. The van der Waals surface area contributed by atoms with Crippen molar-refractivity contribution in [1.82, 2.24) is 20.2 Å². The first-order chi connectivity index (χ1) is 17.2. The van der Waals surface area contributed by atoms with Crippen LogP contribution in [-0.4, -0.2) is 95.4 Å². The lowest BCUT2D eigenvalue weighted by molar-refractivity contribution is -0.135. The second-order valence-corrected chi connectivity index (χ2v) is 8.08. The maximum atomic E-state index is 12.7. The fourth-order valence-electron chi connectivity index (χ4n) is 3.57. The number of hydrogen-bond donors (Lipinski definition) is 4. The van der Waals surface area contributed by atoms with Gasteiger partial charge >= 0.3 is 0 Å². The van der Waals surface area contributed by atoms with Gasteiger partial charge in [-0.25, -0.2) is 4.98 Å². The number of aliphatic carboxylic acids is 2. The molecule has 196 valence electrons.